The molecule has 2 aliphatic rings. The number of hydrogen-bond acceptors (Lipinski definition) is 2. The Morgan fingerprint density at radius 2 is 2.10 bits per heavy atom. The maximum absolute atomic E-state index is 2.60. The van der Waals surface area contributed by atoms with Crippen LogP contribution in [0.3, 0.4) is 0 Å². The summed E-state index contributed by atoms with van der Waals surface area (Å²) in [6.07, 6.45) is 1.42. The maximum Gasteiger partial charge on any atom is 0.0239 e. The van der Waals surface area contributed by atoms with Crippen molar-refractivity contribution in [3.05, 3.63) is 0 Å². The van der Waals surface area contributed by atoms with Crippen LogP contribution in [0, 0.1) is 0 Å². The molecule has 0 aromatic carbocycles. The highest BCUT2D eigenvalue weighted by molar-refractivity contribution is 4.97. The highest BCUT2D eigenvalue weighted by Crippen LogP contribution is 2.28. The summed E-state index contributed by atoms with van der Waals surface area (Å²) in [6.45, 7) is 6.13. The molecule has 0 amide bonds. The molecule has 0 radical (unpaired) electrons. The molecule has 2 aliphatic heterocycles. The summed E-state index contributed by atoms with van der Waals surface area (Å²) < 4.78 is 0. The third-order valence-electron chi connectivity index (χ3n) is 3.03. The average Bonchev–Trinajstić information content (AvgIpc) is 2.44. The molecule has 2 rings (SSSR count). The summed E-state index contributed by atoms with van der Waals surface area (Å²) in [4.78, 5) is 5.10. The van der Waals surface area contributed by atoms with Gasteiger partial charge in [0.2, 0.25) is 0 Å². The van der Waals surface area contributed by atoms with Gasteiger partial charge in [-0.2, -0.15) is 0 Å². The molecule has 2 bridgehead atoms. The van der Waals surface area contributed by atoms with Crippen LogP contribution in [0.15, 0.2) is 0 Å². The van der Waals surface area contributed by atoms with Crippen molar-refractivity contribution >= 4 is 0 Å². The lowest BCUT2D eigenvalue weighted by molar-refractivity contribution is 0.155. The van der Waals surface area contributed by atoms with Gasteiger partial charge in [-0.3, -0.25) is 4.90 Å². The van der Waals surface area contributed by atoms with Crippen molar-refractivity contribution in [2.45, 2.75) is 25.4 Å². The Kier molecular flexibility index (Phi) is 1.46. The second-order valence-corrected chi connectivity index (χ2v) is 3.57. The van der Waals surface area contributed by atoms with Gasteiger partial charge in [0.15, 0.2) is 0 Å². The van der Waals surface area contributed by atoms with Crippen molar-refractivity contribution in [3.63, 3.8) is 0 Å². The minimum absolute atomic E-state index is 0.880. The van der Waals surface area contributed by atoms with Crippen LogP contribution in [-0.2, 0) is 0 Å². The van der Waals surface area contributed by atoms with Crippen molar-refractivity contribution in [1.29, 1.82) is 0 Å². The van der Waals surface area contributed by atoms with Crippen LogP contribution in [0.1, 0.15) is 13.3 Å². The zero-order chi connectivity index (χ0) is 7.14. The zero-order valence-electron chi connectivity index (χ0n) is 6.88. The fourth-order valence-electron chi connectivity index (χ4n) is 2.34. The van der Waals surface area contributed by atoms with E-state index in [4.69, 9.17) is 0 Å². The van der Waals surface area contributed by atoms with Crippen molar-refractivity contribution in [3.8, 4) is 0 Å². The molecule has 58 valence electrons. The molecule has 0 aliphatic carbocycles. The summed E-state index contributed by atoms with van der Waals surface area (Å²) in [7, 11) is 2.25. The second-order valence-electron chi connectivity index (χ2n) is 3.57. The van der Waals surface area contributed by atoms with Gasteiger partial charge in [0.25, 0.3) is 0 Å². The molecule has 2 nitrogen and oxygen atoms in total. The molecule has 0 N–H and O–H groups in total. The molecule has 2 fully saturated rings. The number of hydrogen-bond donors (Lipinski definition) is 0. The highest BCUT2D eigenvalue weighted by Gasteiger charge is 2.40. The Balaban J connectivity index is 2.02. The fourth-order valence-corrected chi connectivity index (χ4v) is 2.34. The summed E-state index contributed by atoms with van der Waals surface area (Å²) >= 11 is 0. The molecule has 2 saturated heterocycles. The van der Waals surface area contributed by atoms with Gasteiger partial charge in [-0.25, -0.2) is 0 Å². The first-order chi connectivity index (χ1) is 4.81. The van der Waals surface area contributed by atoms with Crippen LogP contribution in [0.25, 0.3) is 0 Å². The van der Waals surface area contributed by atoms with Crippen molar-refractivity contribution in [2.75, 3.05) is 26.7 Å². The second kappa shape index (κ2) is 2.21. The Labute approximate surface area is 62.8 Å². The fraction of sp³-hybridized carbons (Fsp3) is 1.00. The SMILES string of the molecule is CCN1C[C@@H]2CC1CN2C. The Morgan fingerprint density at radius 3 is 2.50 bits per heavy atom. The molecule has 1 unspecified atom stereocenters. The minimum atomic E-state index is 0.880. The van der Waals surface area contributed by atoms with Gasteiger partial charge < -0.3 is 4.90 Å². The topological polar surface area (TPSA) is 6.48 Å². The van der Waals surface area contributed by atoms with Crippen molar-refractivity contribution in [2.24, 2.45) is 0 Å². The van der Waals surface area contributed by atoms with Crippen LogP contribution >= 0.6 is 0 Å². The van der Waals surface area contributed by atoms with Crippen LogP contribution in [0.2, 0.25) is 0 Å². The van der Waals surface area contributed by atoms with Gasteiger partial charge in [0, 0.05) is 25.2 Å². The molecule has 2 heteroatoms. The highest BCUT2D eigenvalue weighted by atomic mass is 15.3. The van der Waals surface area contributed by atoms with E-state index in [-0.39, 0.29) is 0 Å². The van der Waals surface area contributed by atoms with Gasteiger partial charge in [0.1, 0.15) is 0 Å². The third kappa shape index (κ3) is 0.789. The summed E-state index contributed by atoms with van der Waals surface area (Å²) in [6, 6.07) is 1.77. The first kappa shape index (κ1) is 6.62. The standard InChI is InChI=1S/C8H16N2/c1-3-10-6-7-4-8(10)5-9(7)2/h7-8H,3-6H2,1-2H3/t7-,8?/m0/s1. The lowest BCUT2D eigenvalue weighted by atomic mass is 10.2. The third-order valence-corrected chi connectivity index (χ3v) is 3.03. The summed E-state index contributed by atoms with van der Waals surface area (Å²) in [5, 5.41) is 0. The summed E-state index contributed by atoms with van der Waals surface area (Å²) in [5.74, 6) is 0. The smallest absolute Gasteiger partial charge is 0.0239 e. The summed E-state index contributed by atoms with van der Waals surface area (Å²) in [5.41, 5.74) is 0. The molecule has 0 saturated carbocycles. The van der Waals surface area contributed by atoms with E-state index in [1.807, 2.05) is 0 Å². The molecule has 0 aromatic rings. The lowest BCUT2D eigenvalue weighted by Crippen LogP contribution is -2.44. The lowest BCUT2D eigenvalue weighted by Gasteiger charge is -2.30. The van der Waals surface area contributed by atoms with E-state index >= 15 is 0 Å². The Morgan fingerprint density at radius 1 is 1.30 bits per heavy atom. The number of piperazine rings is 1. The van der Waals surface area contributed by atoms with Crippen molar-refractivity contribution < 1.29 is 0 Å². The molecular weight excluding hydrogens is 124 g/mol. The first-order valence-electron chi connectivity index (χ1n) is 4.25. The van der Waals surface area contributed by atoms with Gasteiger partial charge in [-0.15, -0.1) is 0 Å². The quantitative estimate of drug-likeness (QED) is 0.520. The van der Waals surface area contributed by atoms with Crippen LogP contribution in [-0.4, -0.2) is 48.6 Å². The van der Waals surface area contributed by atoms with Gasteiger partial charge in [-0.05, 0) is 20.0 Å². The van der Waals surface area contributed by atoms with E-state index in [0.29, 0.717) is 0 Å². The molecule has 2 heterocycles. The average molecular weight is 140 g/mol. The van der Waals surface area contributed by atoms with Crippen LogP contribution in [0.4, 0.5) is 0 Å². The van der Waals surface area contributed by atoms with Crippen molar-refractivity contribution in [1.82, 2.24) is 9.80 Å². The number of likely N-dealkylation sites (tertiary alicyclic amines) is 2. The Bertz CT molecular complexity index is 133. The van der Waals surface area contributed by atoms with Gasteiger partial charge in [0.05, 0.1) is 0 Å². The monoisotopic (exact) mass is 140 g/mol. The van der Waals surface area contributed by atoms with E-state index in [1.54, 1.807) is 0 Å². The molecule has 0 aromatic heterocycles. The minimum Gasteiger partial charge on any atom is -0.301 e. The molecule has 0 spiro atoms. The van der Waals surface area contributed by atoms with E-state index in [0.717, 1.165) is 12.1 Å². The number of rotatable bonds is 1. The Hall–Kier alpha value is -0.0800. The maximum atomic E-state index is 2.60. The normalized spacial score (nSPS) is 41.4. The van der Waals surface area contributed by atoms with Crippen LogP contribution < -0.4 is 0 Å². The van der Waals surface area contributed by atoms with Crippen LogP contribution in [0.5, 0.6) is 0 Å². The van der Waals surface area contributed by atoms with E-state index < -0.39 is 0 Å². The van der Waals surface area contributed by atoms with E-state index in [1.165, 1.54) is 26.1 Å². The van der Waals surface area contributed by atoms with Gasteiger partial charge in [-0.1, -0.05) is 6.92 Å². The predicted molar refractivity (Wildman–Crippen MR) is 42.1 cm³/mol. The molecule has 10 heavy (non-hydrogen) atoms. The zero-order valence-corrected chi connectivity index (χ0v) is 6.88. The van der Waals surface area contributed by atoms with E-state index in [9.17, 15) is 0 Å². The molecular formula is C8H16N2. The largest absolute Gasteiger partial charge is 0.301 e. The number of nitrogens with zero attached hydrogens (tertiary/aromatic N) is 2. The molecule has 2 atom stereocenters. The number of likely N-dealkylation sites (N-methyl/N-ethyl adjacent to an activating group) is 2. The van der Waals surface area contributed by atoms with E-state index in [2.05, 4.69) is 23.8 Å². The number of fused-ring (bicyclic) bond motifs is 2. The first-order valence-corrected chi connectivity index (χ1v) is 4.25. The van der Waals surface area contributed by atoms with Gasteiger partial charge >= 0.3 is 0 Å². The predicted octanol–water partition coefficient (Wildman–Crippen LogP) is 0.395.